The molecular formula is C19H17BrN2O3. The Morgan fingerprint density at radius 1 is 1.20 bits per heavy atom. The number of benzene rings is 2. The molecule has 1 aliphatic heterocycles. The summed E-state index contributed by atoms with van der Waals surface area (Å²) in [6, 6.07) is 10.5. The maximum atomic E-state index is 12.3. The molecule has 0 unspecified atom stereocenters. The van der Waals surface area contributed by atoms with E-state index in [0.717, 1.165) is 21.3 Å². The molecule has 1 amide bonds. The SMILES string of the molecule is Cc1cc(Br)cc2c1NC(=O)C2=Nc1ccc(C(=O)OC(C)C)cc1. The van der Waals surface area contributed by atoms with E-state index in [0.29, 0.717) is 17.0 Å². The van der Waals surface area contributed by atoms with Crippen molar-refractivity contribution in [3.8, 4) is 0 Å². The number of fused-ring (bicyclic) bond motifs is 1. The fourth-order valence-corrected chi connectivity index (χ4v) is 3.16. The van der Waals surface area contributed by atoms with Crippen molar-refractivity contribution in [2.24, 2.45) is 4.99 Å². The molecule has 1 aliphatic rings. The second-order valence-electron chi connectivity index (χ2n) is 6.06. The van der Waals surface area contributed by atoms with E-state index in [9.17, 15) is 9.59 Å². The number of carbonyl (C=O) groups excluding carboxylic acids is 2. The number of ether oxygens (including phenoxy) is 1. The molecule has 0 atom stereocenters. The number of amides is 1. The van der Waals surface area contributed by atoms with E-state index in [1.165, 1.54) is 0 Å². The number of aryl methyl sites for hydroxylation is 1. The average molecular weight is 401 g/mol. The Morgan fingerprint density at radius 3 is 2.52 bits per heavy atom. The molecular weight excluding hydrogens is 384 g/mol. The summed E-state index contributed by atoms with van der Waals surface area (Å²) in [4.78, 5) is 28.6. The van der Waals surface area contributed by atoms with Gasteiger partial charge in [0, 0.05) is 10.0 Å². The van der Waals surface area contributed by atoms with Gasteiger partial charge >= 0.3 is 5.97 Å². The zero-order chi connectivity index (χ0) is 18.1. The fourth-order valence-electron chi connectivity index (χ4n) is 2.59. The minimum atomic E-state index is -0.377. The number of nitrogens with one attached hydrogen (secondary N) is 1. The highest BCUT2D eigenvalue weighted by Crippen LogP contribution is 2.32. The summed E-state index contributed by atoms with van der Waals surface area (Å²) < 4.78 is 6.04. The lowest BCUT2D eigenvalue weighted by molar-refractivity contribution is -0.110. The van der Waals surface area contributed by atoms with Crippen LogP contribution >= 0.6 is 15.9 Å². The fraction of sp³-hybridized carbons (Fsp3) is 0.211. The van der Waals surface area contributed by atoms with Gasteiger partial charge in [-0.05, 0) is 62.7 Å². The predicted molar refractivity (Wildman–Crippen MR) is 101 cm³/mol. The Balaban J connectivity index is 1.92. The third-order valence-electron chi connectivity index (χ3n) is 3.70. The standard InChI is InChI=1S/C19H17BrN2O3/c1-10(2)25-19(24)12-4-6-14(7-5-12)21-17-15-9-13(20)8-11(3)16(15)22-18(17)23/h4-10H,1-3H3,(H,21,22,23). The smallest absolute Gasteiger partial charge is 0.338 e. The maximum Gasteiger partial charge on any atom is 0.338 e. The van der Waals surface area contributed by atoms with Crippen molar-refractivity contribution in [3.05, 3.63) is 57.6 Å². The van der Waals surface area contributed by atoms with Gasteiger partial charge in [0.2, 0.25) is 0 Å². The van der Waals surface area contributed by atoms with E-state index in [4.69, 9.17) is 4.74 Å². The lowest BCUT2D eigenvalue weighted by Crippen LogP contribution is -2.14. The topological polar surface area (TPSA) is 67.8 Å². The van der Waals surface area contributed by atoms with Crippen LogP contribution in [0, 0.1) is 6.92 Å². The molecule has 0 aromatic heterocycles. The summed E-state index contributed by atoms with van der Waals surface area (Å²) in [5, 5.41) is 2.85. The molecule has 2 aromatic rings. The molecule has 0 saturated carbocycles. The van der Waals surface area contributed by atoms with Crippen molar-refractivity contribution in [1.29, 1.82) is 0 Å². The normalized spacial score (nSPS) is 14.6. The van der Waals surface area contributed by atoms with Gasteiger partial charge in [-0.2, -0.15) is 0 Å². The molecule has 5 nitrogen and oxygen atoms in total. The van der Waals surface area contributed by atoms with Crippen LogP contribution in [0.25, 0.3) is 0 Å². The third-order valence-corrected chi connectivity index (χ3v) is 4.15. The number of hydrogen-bond donors (Lipinski definition) is 1. The van der Waals surface area contributed by atoms with Crippen molar-refractivity contribution >= 4 is 44.9 Å². The Bertz CT molecular complexity index is 886. The number of halogens is 1. The van der Waals surface area contributed by atoms with Gasteiger partial charge in [0.1, 0.15) is 5.71 Å². The largest absolute Gasteiger partial charge is 0.459 e. The summed E-state index contributed by atoms with van der Waals surface area (Å²) in [7, 11) is 0. The highest BCUT2D eigenvalue weighted by molar-refractivity contribution is 9.10. The van der Waals surface area contributed by atoms with Crippen molar-refractivity contribution < 1.29 is 14.3 Å². The van der Waals surface area contributed by atoms with E-state index >= 15 is 0 Å². The zero-order valence-electron chi connectivity index (χ0n) is 14.1. The van der Waals surface area contributed by atoms with E-state index in [-0.39, 0.29) is 18.0 Å². The van der Waals surface area contributed by atoms with Crippen molar-refractivity contribution in [3.63, 3.8) is 0 Å². The highest BCUT2D eigenvalue weighted by Gasteiger charge is 2.27. The number of nitrogens with zero attached hydrogens (tertiary/aromatic N) is 1. The van der Waals surface area contributed by atoms with Gasteiger partial charge in [-0.15, -0.1) is 0 Å². The minimum absolute atomic E-state index is 0.173. The van der Waals surface area contributed by atoms with Crippen LogP contribution < -0.4 is 5.32 Å². The van der Waals surface area contributed by atoms with Crippen molar-refractivity contribution in [2.45, 2.75) is 26.9 Å². The van der Waals surface area contributed by atoms with E-state index in [1.54, 1.807) is 38.1 Å². The summed E-state index contributed by atoms with van der Waals surface area (Å²) in [6.45, 7) is 5.53. The van der Waals surface area contributed by atoms with Crippen LogP contribution in [0.4, 0.5) is 11.4 Å². The summed E-state index contributed by atoms with van der Waals surface area (Å²) >= 11 is 3.45. The Morgan fingerprint density at radius 2 is 1.88 bits per heavy atom. The second-order valence-corrected chi connectivity index (χ2v) is 6.98. The molecule has 0 spiro atoms. The Hall–Kier alpha value is -2.47. The first-order valence-electron chi connectivity index (χ1n) is 7.87. The molecule has 3 rings (SSSR count). The molecule has 0 saturated heterocycles. The van der Waals surface area contributed by atoms with Crippen LogP contribution in [0.5, 0.6) is 0 Å². The first-order chi connectivity index (χ1) is 11.8. The first kappa shape index (κ1) is 17.4. The van der Waals surface area contributed by atoms with E-state index in [2.05, 4.69) is 26.2 Å². The number of aliphatic imine (C=N–C) groups is 1. The van der Waals surface area contributed by atoms with Crippen molar-refractivity contribution in [2.75, 3.05) is 5.32 Å². The number of esters is 1. The van der Waals surface area contributed by atoms with Gasteiger partial charge < -0.3 is 10.1 Å². The molecule has 1 heterocycles. The maximum absolute atomic E-state index is 12.3. The summed E-state index contributed by atoms with van der Waals surface area (Å²) in [5.74, 6) is -0.614. The highest BCUT2D eigenvalue weighted by atomic mass is 79.9. The molecule has 0 bridgehead atoms. The molecule has 0 aliphatic carbocycles. The van der Waals surface area contributed by atoms with Gasteiger partial charge in [0.15, 0.2) is 0 Å². The molecule has 128 valence electrons. The average Bonchev–Trinajstić information content (AvgIpc) is 2.84. The number of carbonyl (C=O) groups is 2. The molecule has 6 heteroatoms. The second kappa shape index (κ2) is 6.80. The molecule has 2 aromatic carbocycles. The van der Waals surface area contributed by atoms with Gasteiger partial charge in [-0.3, -0.25) is 4.79 Å². The van der Waals surface area contributed by atoms with Crippen LogP contribution in [0.15, 0.2) is 45.9 Å². The van der Waals surface area contributed by atoms with E-state index < -0.39 is 0 Å². The van der Waals surface area contributed by atoms with Gasteiger partial charge in [-0.25, -0.2) is 9.79 Å². The van der Waals surface area contributed by atoms with Crippen LogP contribution in [0.3, 0.4) is 0 Å². The van der Waals surface area contributed by atoms with Crippen LogP contribution in [-0.4, -0.2) is 23.7 Å². The summed E-state index contributed by atoms with van der Waals surface area (Å²) in [5.41, 5.74) is 3.92. The lowest BCUT2D eigenvalue weighted by atomic mass is 10.1. The Labute approximate surface area is 154 Å². The molecule has 0 fully saturated rings. The van der Waals surface area contributed by atoms with Gasteiger partial charge in [0.25, 0.3) is 5.91 Å². The molecule has 0 radical (unpaired) electrons. The zero-order valence-corrected chi connectivity index (χ0v) is 15.7. The first-order valence-corrected chi connectivity index (χ1v) is 8.66. The van der Waals surface area contributed by atoms with Gasteiger partial charge in [-0.1, -0.05) is 15.9 Å². The molecule has 1 N–H and O–H groups in total. The van der Waals surface area contributed by atoms with Gasteiger partial charge in [0.05, 0.1) is 23.0 Å². The predicted octanol–water partition coefficient (Wildman–Crippen LogP) is 4.40. The van der Waals surface area contributed by atoms with Crippen LogP contribution in [0.2, 0.25) is 0 Å². The Kier molecular flexibility index (Phi) is 4.72. The lowest BCUT2D eigenvalue weighted by Gasteiger charge is -2.07. The third kappa shape index (κ3) is 3.64. The number of anilines is 1. The van der Waals surface area contributed by atoms with E-state index in [1.807, 2.05) is 19.1 Å². The minimum Gasteiger partial charge on any atom is -0.459 e. The van der Waals surface area contributed by atoms with Crippen LogP contribution in [0.1, 0.15) is 35.3 Å². The van der Waals surface area contributed by atoms with Crippen molar-refractivity contribution in [1.82, 2.24) is 0 Å². The van der Waals surface area contributed by atoms with Crippen LogP contribution in [-0.2, 0) is 9.53 Å². The molecule has 25 heavy (non-hydrogen) atoms. The number of rotatable bonds is 3. The monoisotopic (exact) mass is 400 g/mol. The quantitative estimate of drug-likeness (QED) is 0.776. The number of hydrogen-bond acceptors (Lipinski definition) is 4. The summed E-state index contributed by atoms with van der Waals surface area (Å²) in [6.07, 6.45) is -0.173.